The molecule has 0 unspecified atom stereocenters. The molecular weight excluding hydrogens is 238 g/mol. The van der Waals surface area contributed by atoms with Crippen LogP contribution in [0.4, 0.5) is 0 Å². The number of nitrogens with zero attached hydrogens (tertiary/aromatic N) is 1. The molecule has 4 nitrogen and oxygen atoms in total. The van der Waals surface area contributed by atoms with Crippen LogP contribution in [0.15, 0.2) is 12.7 Å². The monoisotopic (exact) mass is 259 g/mol. The van der Waals surface area contributed by atoms with Crippen molar-refractivity contribution in [3.05, 3.63) is 12.7 Å². The van der Waals surface area contributed by atoms with E-state index in [2.05, 4.69) is 6.58 Å². The molecular formula is C12H21NO3S. The summed E-state index contributed by atoms with van der Waals surface area (Å²) in [6.45, 7) is 9.62. The highest BCUT2D eigenvalue weighted by molar-refractivity contribution is 7.93. The predicted octanol–water partition coefficient (Wildman–Crippen LogP) is 1.38. The molecule has 1 rings (SSSR count). The van der Waals surface area contributed by atoms with Gasteiger partial charge in [-0.2, -0.15) is 0 Å². The Morgan fingerprint density at radius 1 is 1.29 bits per heavy atom. The summed E-state index contributed by atoms with van der Waals surface area (Å²) < 4.78 is 23.7. The summed E-state index contributed by atoms with van der Waals surface area (Å²) in [5, 5.41) is -0.323. The van der Waals surface area contributed by atoms with E-state index in [0.717, 1.165) is 0 Å². The molecule has 0 aliphatic carbocycles. The number of carbonyl (C=O) groups is 1. The second-order valence-corrected chi connectivity index (χ2v) is 8.37. The fraction of sp³-hybridized carbons (Fsp3) is 0.750. The molecule has 0 aromatic rings. The lowest BCUT2D eigenvalue weighted by Crippen LogP contribution is -2.46. The number of amides is 1. The van der Waals surface area contributed by atoms with E-state index in [-0.39, 0.29) is 11.2 Å². The summed E-state index contributed by atoms with van der Waals surface area (Å²) in [7, 11) is -3.12. The molecule has 0 radical (unpaired) electrons. The van der Waals surface area contributed by atoms with Crippen LogP contribution in [0, 0.1) is 0 Å². The van der Waals surface area contributed by atoms with E-state index in [1.54, 1.807) is 25.7 Å². The van der Waals surface area contributed by atoms with Crippen LogP contribution in [0.5, 0.6) is 0 Å². The van der Waals surface area contributed by atoms with Gasteiger partial charge < -0.3 is 4.90 Å². The average molecular weight is 259 g/mol. The molecule has 1 aliphatic rings. The molecule has 0 saturated carbocycles. The number of hydrogen-bond acceptors (Lipinski definition) is 3. The number of rotatable bonds is 2. The SMILES string of the molecule is C=CC(=O)N1CCC(S(=O)(=O)C(C)(C)C)CC1. The van der Waals surface area contributed by atoms with Crippen molar-refractivity contribution in [2.75, 3.05) is 13.1 Å². The maximum Gasteiger partial charge on any atom is 0.245 e. The van der Waals surface area contributed by atoms with E-state index >= 15 is 0 Å². The third kappa shape index (κ3) is 2.89. The zero-order valence-electron chi connectivity index (χ0n) is 10.8. The zero-order valence-corrected chi connectivity index (χ0v) is 11.6. The first-order valence-electron chi connectivity index (χ1n) is 5.85. The molecule has 0 atom stereocenters. The normalized spacial score (nSPS) is 19.1. The first-order chi connectivity index (χ1) is 7.70. The van der Waals surface area contributed by atoms with Gasteiger partial charge in [0.1, 0.15) is 0 Å². The Balaban J connectivity index is 2.71. The fourth-order valence-electron chi connectivity index (χ4n) is 2.02. The molecule has 5 heteroatoms. The van der Waals surface area contributed by atoms with Crippen LogP contribution in [0.3, 0.4) is 0 Å². The quantitative estimate of drug-likeness (QED) is 0.704. The van der Waals surface area contributed by atoms with Gasteiger partial charge in [-0.3, -0.25) is 4.79 Å². The standard InChI is InChI=1S/C12H21NO3S/c1-5-11(14)13-8-6-10(7-9-13)17(15,16)12(2,3)4/h5,10H,1,6-9H2,2-4H3. The van der Waals surface area contributed by atoms with Crippen molar-refractivity contribution < 1.29 is 13.2 Å². The molecule has 0 bridgehead atoms. The largest absolute Gasteiger partial charge is 0.339 e. The van der Waals surface area contributed by atoms with Gasteiger partial charge in [0.25, 0.3) is 0 Å². The second-order valence-electron chi connectivity index (χ2n) is 5.39. The number of likely N-dealkylation sites (tertiary alicyclic amines) is 1. The Bertz CT molecular complexity index is 398. The van der Waals surface area contributed by atoms with Crippen molar-refractivity contribution in [1.82, 2.24) is 4.90 Å². The summed E-state index contributed by atoms with van der Waals surface area (Å²) >= 11 is 0. The molecule has 0 N–H and O–H groups in total. The topological polar surface area (TPSA) is 54.5 Å². The molecule has 1 aliphatic heterocycles. The van der Waals surface area contributed by atoms with Crippen molar-refractivity contribution in [3.63, 3.8) is 0 Å². The van der Waals surface area contributed by atoms with Gasteiger partial charge in [-0.1, -0.05) is 6.58 Å². The van der Waals surface area contributed by atoms with Crippen LogP contribution in [-0.4, -0.2) is 42.3 Å². The smallest absolute Gasteiger partial charge is 0.245 e. The van der Waals surface area contributed by atoms with Gasteiger partial charge in [0.05, 0.1) is 10.00 Å². The third-order valence-corrected chi connectivity index (χ3v) is 6.28. The average Bonchev–Trinajstić information content (AvgIpc) is 2.26. The molecule has 17 heavy (non-hydrogen) atoms. The maximum atomic E-state index is 12.2. The Labute approximate surface area is 104 Å². The summed E-state index contributed by atoms with van der Waals surface area (Å²) in [5.41, 5.74) is 0. The molecule has 1 heterocycles. The van der Waals surface area contributed by atoms with Crippen LogP contribution >= 0.6 is 0 Å². The Morgan fingerprint density at radius 2 is 1.76 bits per heavy atom. The molecule has 1 saturated heterocycles. The molecule has 0 spiro atoms. The van der Waals surface area contributed by atoms with Crippen LogP contribution < -0.4 is 0 Å². The lowest BCUT2D eigenvalue weighted by atomic mass is 10.1. The van der Waals surface area contributed by atoms with Gasteiger partial charge in [0, 0.05) is 13.1 Å². The zero-order chi connectivity index (χ0) is 13.3. The number of sulfone groups is 1. The minimum absolute atomic E-state index is 0.114. The van der Waals surface area contributed by atoms with Gasteiger partial charge in [-0.25, -0.2) is 8.42 Å². The summed E-state index contributed by atoms with van der Waals surface area (Å²) in [4.78, 5) is 13.0. The Kier molecular flexibility index (Phi) is 4.02. The minimum atomic E-state index is -3.12. The molecule has 98 valence electrons. The minimum Gasteiger partial charge on any atom is -0.339 e. The third-order valence-electron chi connectivity index (χ3n) is 3.22. The maximum absolute atomic E-state index is 12.2. The Hall–Kier alpha value is -0.840. The molecule has 0 aromatic carbocycles. The van der Waals surface area contributed by atoms with Crippen LogP contribution in [0.25, 0.3) is 0 Å². The molecule has 1 amide bonds. The van der Waals surface area contributed by atoms with Gasteiger partial charge in [-0.05, 0) is 39.7 Å². The van der Waals surface area contributed by atoms with E-state index in [1.165, 1.54) is 6.08 Å². The Morgan fingerprint density at radius 3 is 2.12 bits per heavy atom. The van der Waals surface area contributed by atoms with E-state index in [4.69, 9.17) is 0 Å². The van der Waals surface area contributed by atoms with Crippen molar-refractivity contribution in [2.24, 2.45) is 0 Å². The highest BCUT2D eigenvalue weighted by Gasteiger charge is 2.38. The summed E-state index contributed by atoms with van der Waals surface area (Å²) in [5.74, 6) is -0.114. The number of piperidine rings is 1. The van der Waals surface area contributed by atoms with Crippen LogP contribution in [0.1, 0.15) is 33.6 Å². The molecule has 1 fully saturated rings. The van der Waals surface area contributed by atoms with E-state index in [0.29, 0.717) is 25.9 Å². The second kappa shape index (κ2) is 4.80. The van der Waals surface area contributed by atoms with Crippen molar-refractivity contribution in [3.8, 4) is 0 Å². The first-order valence-corrected chi connectivity index (χ1v) is 7.39. The lowest BCUT2D eigenvalue weighted by Gasteiger charge is -2.34. The summed E-state index contributed by atoms with van der Waals surface area (Å²) in [6.07, 6.45) is 2.33. The van der Waals surface area contributed by atoms with Gasteiger partial charge in [-0.15, -0.1) is 0 Å². The lowest BCUT2D eigenvalue weighted by molar-refractivity contribution is -0.126. The van der Waals surface area contributed by atoms with Gasteiger partial charge in [0.2, 0.25) is 5.91 Å². The van der Waals surface area contributed by atoms with Gasteiger partial charge in [0.15, 0.2) is 9.84 Å². The van der Waals surface area contributed by atoms with E-state index < -0.39 is 14.6 Å². The van der Waals surface area contributed by atoms with Crippen molar-refractivity contribution >= 4 is 15.7 Å². The molecule has 0 aromatic heterocycles. The predicted molar refractivity (Wildman–Crippen MR) is 68.5 cm³/mol. The highest BCUT2D eigenvalue weighted by atomic mass is 32.2. The van der Waals surface area contributed by atoms with Crippen molar-refractivity contribution in [2.45, 2.75) is 43.6 Å². The highest BCUT2D eigenvalue weighted by Crippen LogP contribution is 2.27. The van der Waals surface area contributed by atoms with Gasteiger partial charge >= 0.3 is 0 Å². The number of hydrogen-bond donors (Lipinski definition) is 0. The first kappa shape index (κ1) is 14.2. The van der Waals surface area contributed by atoms with Crippen LogP contribution in [0.2, 0.25) is 0 Å². The van der Waals surface area contributed by atoms with E-state index in [1.807, 2.05) is 0 Å². The van der Waals surface area contributed by atoms with E-state index in [9.17, 15) is 13.2 Å². The number of carbonyl (C=O) groups excluding carboxylic acids is 1. The fourth-order valence-corrected chi connectivity index (χ4v) is 3.85. The summed E-state index contributed by atoms with van der Waals surface area (Å²) in [6, 6.07) is 0. The van der Waals surface area contributed by atoms with Crippen molar-refractivity contribution in [1.29, 1.82) is 0 Å². The van der Waals surface area contributed by atoms with Crippen LogP contribution in [-0.2, 0) is 14.6 Å².